The summed E-state index contributed by atoms with van der Waals surface area (Å²) in [6.45, 7) is 8.55. The molecule has 1 aliphatic heterocycles. The van der Waals surface area contributed by atoms with Crippen molar-refractivity contribution < 1.29 is 14.6 Å². The fourth-order valence-corrected chi connectivity index (χ4v) is 2.85. The van der Waals surface area contributed by atoms with E-state index in [2.05, 4.69) is 17.1 Å². The van der Waals surface area contributed by atoms with Gasteiger partial charge in [-0.3, -0.25) is 4.90 Å². The molecule has 134 valence electrons. The molecule has 2 N–H and O–H groups in total. The fraction of sp³-hybridized carbons (Fsp3) is 0.611. The largest absolute Gasteiger partial charge is 0.493 e. The summed E-state index contributed by atoms with van der Waals surface area (Å²) >= 11 is 0. The third-order valence-electron chi connectivity index (χ3n) is 4.26. The Labute approximate surface area is 144 Å². The van der Waals surface area contributed by atoms with Crippen molar-refractivity contribution in [2.75, 3.05) is 45.9 Å². The second-order valence-corrected chi connectivity index (χ2v) is 6.11. The van der Waals surface area contributed by atoms with Crippen molar-refractivity contribution in [2.45, 2.75) is 26.3 Å². The molecule has 0 aliphatic carbocycles. The van der Waals surface area contributed by atoms with Crippen molar-refractivity contribution >= 4 is 6.03 Å². The number of β-amino-alcohol motifs (C(OH)–C–C–N with tert-alkyl or cyclic N) is 1. The lowest BCUT2D eigenvalue weighted by molar-refractivity contribution is 0.121. The van der Waals surface area contributed by atoms with Gasteiger partial charge in [0.15, 0.2) is 0 Å². The quantitative estimate of drug-likeness (QED) is 0.798. The minimum absolute atomic E-state index is 0.0450. The number of benzene rings is 1. The number of nitrogens with one attached hydrogen (secondary N) is 1. The number of ether oxygens (including phenoxy) is 1. The summed E-state index contributed by atoms with van der Waals surface area (Å²) < 4.78 is 5.78. The summed E-state index contributed by atoms with van der Waals surface area (Å²) in [6, 6.07) is 7.70. The third kappa shape index (κ3) is 5.11. The molecule has 24 heavy (non-hydrogen) atoms. The minimum atomic E-state index is -0.110. The van der Waals surface area contributed by atoms with Crippen LogP contribution in [0.25, 0.3) is 0 Å². The molecule has 1 heterocycles. The van der Waals surface area contributed by atoms with Crippen LogP contribution in [0.3, 0.4) is 0 Å². The Bertz CT molecular complexity index is 516. The maximum Gasteiger partial charge on any atom is 0.317 e. The molecule has 0 radical (unpaired) electrons. The molecule has 1 fully saturated rings. The maximum atomic E-state index is 12.5. The van der Waals surface area contributed by atoms with Gasteiger partial charge >= 0.3 is 6.03 Å². The van der Waals surface area contributed by atoms with Crippen molar-refractivity contribution in [2.24, 2.45) is 0 Å². The monoisotopic (exact) mass is 335 g/mol. The van der Waals surface area contributed by atoms with Gasteiger partial charge in [-0.15, -0.1) is 0 Å². The molecule has 2 amide bonds. The highest BCUT2D eigenvalue weighted by atomic mass is 16.5. The maximum absolute atomic E-state index is 12.5. The predicted octanol–water partition coefficient (Wildman–Crippen LogP) is 1.86. The van der Waals surface area contributed by atoms with Crippen LogP contribution in [-0.2, 0) is 0 Å². The summed E-state index contributed by atoms with van der Waals surface area (Å²) in [7, 11) is 0. The number of urea groups is 1. The third-order valence-corrected chi connectivity index (χ3v) is 4.26. The van der Waals surface area contributed by atoms with Crippen molar-refractivity contribution in [3.63, 3.8) is 0 Å². The predicted molar refractivity (Wildman–Crippen MR) is 94.3 cm³/mol. The van der Waals surface area contributed by atoms with E-state index in [0.717, 1.165) is 30.8 Å². The molecule has 2 rings (SSSR count). The number of aliphatic hydroxyl groups is 1. The summed E-state index contributed by atoms with van der Waals surface area (Å²) in [5, 5.41) is 12.0. The van der Waals surface area contributed by atoms with E-state index in [1.165, 1.54) is 0 Å². The lowest BCUT2D eigenvalue weighted by Gasteiger charge is -2.35. The number of para-hydroxylation sites is 1. The topological polar surface area (TPSA) is 65.0 Å². The zero-order valence-corrected chi connectivity index (χ0v) is 14.7. The highest BCUT2D eigenvalue weighted by Crippen LogP contribution is 2.25. The number of carbonyl (C=O) groups is 1. The number of aliphatic hydroxyl groups excluding tert-OH is 1. The van der Waals surface area contributed by atoms with Gasteiger partial charge in [0.1, 0.15) is 5.75 Å². The molecule has 1 atom stereocenters. The van der Waals surface area contributed by atoms with Gasteiger partial charge < -0.3 is 20.1 Å². The van der Waals surface area contributed by atoms with E-state index in [0.29, 0.717) is 26.2 Å². The van der Waals surface area contributed by atoms with E-state index in [1.54, 1.807) is 0 Å². The molecule has 0 saturated carbocycles. The zero-order valence-electron chi connectivity index (χ0n) is 14.7. The van der Waals surface area contributed by atoms with Gasteiger partial charge in [0.05, 0.1) is 19.3 Å². The van der Waals surface area contributed by atoms with Crippen LogP contribution in [0.4, 0.5) is 4.79 Å². The van der Waals surface area contributed by atoms with Crippen LogP contribution in [-0.4, -0.2) is 66.9 Å². The molecule has 1 aromatic carbocycles. The normalized spacial score (nSPS) is 16.7. The number of amides is 2. The molecule has 6 heteroatoms. The molecule has 6 nitrogen and oxygen atoms in total. The van der Waals surface area contributed by atoms with Crippen LogP contribution < -0.4 is 10.1 Å². The first-order valence-corrected chi connectivity index (χ1v) is 8.76. The van der Waals surface area contributed by atoms with Crippen molar-refractivity contribution in [1.82, 2.24) is 15.1 Å². The van der Waals surface area contributed by atoms with Crippen LogP contribution in [0.1, 0.15) is 31.9 Å². The van der Waals surface area contributed by atoms with Crippen LogP contribution in [0.2, 0.25) is 0 Å². The van der Waals surface area contributed by atoms with Crippen molar-refractivity contribution in [3.05, 3.63) is 29.8 Å². The van der Waals surface area contributed by atoms with E-state index < -0.39 is 0 Å². The molecule has 1 saturated heterocycles. The average Bonchev–Trinajstić information content (AvgIpc) is 2.61. The first-order valence-electron chi connectivity index (χ1n) is 8.76. The minimum Gasteiger partial charge on any atom is -0.493 e. The lowest BCUT2D eigenvalue weighted by atomic mass is 10.1. The summed E-state index contributed by atoms with van der Waals surface area (Å²) in [5.74, 6) is 0.833. The number of hydrogen-bond acceptors (Lipinski definition) is 4. The number of hydrogen-bond donors (Lipinski definition) is 2. The molecular formula is C18H29N3O3. The van der Waals surface area contributed by atoms with Gasteiger partial charge in [-0.05, 0) is 19.4 Å². The highest BCUT2D eigenvalue weighted by Gasteiger charge is 2.22. The Morgan fingerprint density at radius 1 is 1.29 bits per heavy atom. The Hall–Kier alpha value is -1.79. The molecule has 0 bridgehead atoms. The molecule has 0 spiro atoms. The molecule has 0 aromatic heterocycles. The van der Waals surface area contributed by atoms with Gasteiger partial charge in [-0.2, -0.15) is 0 Å². The van der Waals surface area contributed by atoms with E-state index in [1.807, 2.05) is 36.1 Å². The van der Waals surface area contributed by atoms with Crippen LogP contribution in [0.15, 0.2) is 24.3 Å². The van der Waals surface area contributed by atoms with Gasteiger partial charge in [0, 0.05) is 38.3 Å². The van der Waals surface area contributed by atoms with E-state index in [9.17, 15) is 4.79 Å². The SMILES string of the molecule is CCCOc1ccccc1[C@@H](C)NC(=O)N1CCN(CCO)CC1. The molecule has 1 aliphatic rings. The van der Waals surface area contributed by atoms with E-state index in [4.69, 9.17) is 9.84 Å². The molecular weight excluding hydrogens is 306 g/mol. The standard InChI is InChI=1S/C18H29N3O3/c1-3-14-24-17-7-5-4-6-16(17)15(2)19-18(23)21-10-8-20(9-11-21)12-13-22/h4-7,15,22H,3,8-14H2,1-2H3,(H,19,23)/t15-/m1/s1. The first-order chi connectivity index (χ1) is 11.7. The smallest absolute Gasteiger partial charge is 0.317 e. The van der Waals surface area contributed by atoms with Crippen LogP contribution in [0, 0.1) is 0 Å². The number of carbonyl (C=O) groups excluding carboxylic acids is 1. The Morgan fingerprint density at radius 3 is 2.67 bits per heavy atom. The van der Waals surface area contributed by atoms with Crippen molar-refractivity contribution in [3.8, 4) is 5.75 Å². The van der Waals surface area contributed by atoms with Gasteiger partial charge in [0.2, 0.25) is 0 Å². The zero-order chi connectivity index (χ0) is 17.4. The van der Waals surface area contributed by atoms with Crippen molar-refractivity contribution in [1.29, 1.82) is 0 Å². The Kier molecular flexibility index (Phi) is 7.34. The fourth-order valence-electron chi connectivity index (χ4n) is 2.85. The van der Waals surface area contributed by atoms with E-state index >= 15 is 0 Å². The van der Waals surface area contributed by atoms with Gasteiger partial charge in [0.25, 0.3) is 0 Å². The Morgan fingerprint density at radius 2 is 2.00 bits per heavy atom. The number of piperazine rings is 1. The van der Waals surface area contributed by atoms with Crippen LogP contribution in [0.5, 0.6) is 5.75 Å². The average molecular weight is 335 g/mol. The first kappa shape index (κ1) is 18.5. The lowest BCUT2D eigenvalue weighted by Crippen LogP contribution is -2.52. The number of nitrogens with zero attached hydrogens (tertiary/aromatic N) is 2. The van der Waals surface area contributed by atoms with E-state index in [-0.39, 0.29) is 18.7 Å². The second-order valence-electron chi connectivity index (χ2n) is 6.11. The summed E-state index contributed by atoms with van der Waals surface area (Å²) in [4.78, 5) is 16.5. The van der Waals surface area contributed by atoms with Gasteiger partial charge in [-0.1, -0.05) is 25.1 Å². The van der Waals surface area contributed by atoms with Gasteiger partial charge in [-0.25, -0.2) is 4.79 Å². The summed E-state index contributed by atoms with van der Waals surface area (Å²) in [6.07, 6.45) is 0.952. The Balaban J connectivity index is 1.90. The highest BCUT2D eigenvalue weighted by molar-refractivity contribution is 5.75. The summed E-state index contributed by atoms with van der Waals surface area (Å²) in [5.41, 5.74) is 0.998. The van der Waals surface area contributed by atoms with Crippen LogP contribution >= 0.6 is 0 Å². The number of rotatable bonds is 7. The molecule has 0 unspecified atom stereocenters. The molecule has 1 aromatic rings. The second kappa shape index (κ2) is 9.49.